The van der Waals surface area contributed by atoms with E-state index in [-0.39, 0.29) is 18.6 Å². The lowest BCUT2D eigenvalue weighted by Gasteiger charge is -2.34. The van der Waals surface area contributed by atoms with Crippen LogP contribution in [0.5, 0.6) is 0 Å². The van der Waals surface area contributed by atoms with Crippen LogP contribution < -0.4 is 0 Å². The number of aromatic nitrogens is 1. The van der Waals surface area contributed by atoms with Crippen molar-refractivity contribution in [1.29, 1.82) is 0 Å². The molecule has 1 aliphatic heterocycles. The van der Waals surface area contributed by atoms with Gasteiger partial charge in [0, 0.05) is 24.5 Å². The summed E-state index contributed by atoms with van der Waals surface area (Å²) in [5.74, 6) is -1.29. The summed E-state index contributed by atoms with van der Waals surface area (Å²) in [7, 11) is 0. The smallest absolute Gasteiger partial charge is 0.334 e. The van der Waals surface area contributed by atoms with Crippen LogP contribution in [-0.4, -0.2) is 52.2 Å². The molecule has 130 valence electrons. The number of amides is 1. The quantitative estimate of drug-likeness (QED) is 0.928. The molecule has 1 aromatic heterocycles. The fraction of sp³-hybridized carbons (Fsp3) is 0.316. The molecule has 1 saturated heterocycles. The molecule has 1 N–H and O–H groups in total. The first-order valence-electron chi connectivity index (χ1n) is 8.13. The molecule has 1 fully saturated rings. The molecule has 25 heavy (non-hydrogen) atoms. The van der Waals surface area contributed by atoms with E-state index in [1.54, 1.807) is 19.2 Å². The number of rotatable bonds is 3. The van der Waals surface area contributed by atoms with Gasteiger partial charge in [-0.2, -0.15) is 0 Å². The van der Waals surface area contributed by atoms with Crippen LogP contribution in [0.2, 0.25) is 0 Å². The summed E-state index contributed by atoms with van der Waals surface area (Å²) in [4.78, 5) is 29.7. The zero-order valence-electron chi connectivity index (χ0n) is 14.2. The minimum atomic E-state index is -1.06. The zero-order valence-corrected chi connectivity index (χ0v) is 14.2. The number of aryl methyl sites for hydroxylation is 1. The van der Waals surface area contributed by atoms with Gasteiger partial charge in [0.05, 0.1) is 18.2 Å². The van der Waals surface area contributed by atoms with Gasteiger partial charge in [-0.1, -0.05) is 29.8 Å². The summed E-state index contributed by atoms with van der Waals surface area (Å²) in [6, 6.07) is 9.76. The molecule has 1 aliphatic rings. The average Bonchev–Trinajstić information content (AvgIpc) is 2.60. The third-order valence-corrected chi connectivity index (χ3v) is 4.16. The Hall–Kier alpha value is -2.73. The second-order valence-corrected chi connectivity index (χ2v) is 6.32. The average molecular weight is 340 g/mol. The van der Waals surface area contributed by atoms with Crippen molar-refractivity contribution < 1.29 is 19.4 Å². The largest absolute Gasteiger partial charge is 0.479 e. The highest BCUT2D eigenvalue weighted by molar-refractivity contribution is 5.95. The van der Waals surface area contributed by atoms with E-state index in [2.05, 4.69) is 4.98 Å². The summed E-state index contributed by atoms with van der Waals surface area (Å²) in [5, 5.41) is 9.17. The Kier molecular flexibility index (Phi) is 4.81. The number of ether oxygens (including phenoxy) is 1. The maximum atomic E-state index is 12.8. The number of pyridine rings is 1. The zero-order chi connectivity index (χ0) is 18.0. The summed E-state index contributed by atoms with van der Waals surface area (Å²) in [6.07, 6.45) is 1.90. The highest BCUT2D eigenvalue weighted by atomic mass is 16.5. The Morgan fingerprint density at radius 3 is 2.72 bits per heavy atom. The number of carboxylic acid groups (broad SMARTS) is 1. The lowest BCUT2D eigenvalue weighted by Crippen LogP contribution is -2.51. The lowest BCUT2D eigenvalue weighted by atomic mass is 10.0. The van der Waals surface area contributed by atoms with Crippen molar-refractivity contribution in [2.45, 2.75) is 26.1 Å². The number of carbonyl (C=O) groups is 2. The molecule has 1 amide bonds. The third kappa shape index (κ3) is 3.85. The van der Waals surface area contributed by atoms with E-state index in [9.17, 15) is 9.59 Å². The highest BCUT2D eigenvalue weighted by Crippen LogP contribution is 2.22. The van der Waals surface area contributed by atoms with Crippen molar-refractivity contribution in [3.63, 3.8) is 0 Å². The number of aliphatic carboxylic acids is 1. The third-order valence-electron chi connectivity index (χ3n) is 4.16. The molecule has 2 aromatic rings. The molecular formula is C19H20N2O4. The minimum absolute atomic E-state index is 0.0349. The summed E-state index contributed by atoms with van der Waals surface area (Å²) in [5.41, 5.74) is 3.41. The molecule has 6 nitrogen and oxygen atoms in total. The van der Waals surface area contributed by atoms with Gasteiger partial charge in [0.1, 0.15) is 0 Å². The Balaban J connectivity index is 1.85. The van der Waals surface area contributed by atoms with E-state index >= 15 is 0 Å². The van der Waals surface area contributed by atoms with E-state index in [1.807, 2.05) is 31.2 Å². The maximum absolute atomic E-state index is 12.8. The SMILES string of the molecule is Cc1cccc(-c2cncc(C(=O)N3CC(C(=O)O)O[C@H](C)C3)c2)c1. The molecule has 2 heterocycles. The fourth-order valence-electron chi connectivity index (χ4n) is 2.98. The first-order valence-corrected chi connectivity index (χ1v) is 8.13. The first kappa shape index (κ1) is 17.1. The number of carboxylic acids is 1. The topological polar surface area (TPSA) is 79.7 Å². The molecule has 0 radical (unpaired) electrons. The predicted octanol–water partition coefficient (Wildman–Crippen LogP) is 2.37. The monoisotopic (exact) mass is 340 g/mol. The van der Waals surface area contributed by atoms with E-state index in [4.69, 9.17) is 9.84 Å². The van der Waals surface area contributed by atoms with Gasteiger partial charge in [-0.25, -0.2) is 4.79 Å². The Morgan fingerprint density at radius 1 is 1.20 bits per heavy atom. The van der Waals surface area contributed by atoms with Crippen LogP contribution in [0.4, 0.5) is 0 Å². The molecular weight excluding hydrogens is 320 g/mol. The van der Waals surface area contributed by atoms with E-state index in [0.29, 0.717) is 12.1 Å². The van der Waals surface area contributed by atoms with E-state index in [0.717, 1.165) is 16.7 Å². The maximum Gasteiger partial charge on any atom is 0.334 e. The van der Waals surface area contributed by atoms with Crippen molar-refractivity contribution in [2.75, 3.05) is 13.1 Å². The number of carbonyl (C=O) groups excluding carboxylic acids is 1. The van der Waals surface area contributed by atoms with Gasteiger partial charge in [-0.3, -0.25) is 9.78 Å². The van der Waals surface area contributed by atoms with Crippen LogP contribution in [0.25, 0.3) is 11.1 Å². The lowest BCUT2D eigenvalue weighted by molar-refractivity contribution is -0.160. The molecule has 0 spiro atoms. The van der Waals surface area contributed by atoms with Gasteiger partial charge in [0.25, 0.3) is 5.91 Å². The number of morpholine rings is 1. The van der Waals surface area contributed by atoms with Gasteiger partial charge >= 0.3 is 5.97 Å². The van der Waals surface area contributed by atoms with Crippen LogP contribution >= 0.6 is 0 Å². The second kappa shape index (κ2) is 7.03. The summed E-state index contributed by atoms with van der Waals surface area (Å²) < 4.78 is 5.36. The molecule has 1 aromatic carbocycles. The number of hydrogen-bond donors (Lipinski definition) is 1. The van der Waals surface area contributed by atoms with Crippen molar-refractivity contribution in [2.24, 2.45) is 0 Å². The van der Waals surface area contributed by atoms with Gasteiger partial charge in [-0.15, -0.1) is 0 Å². The Labute approximate surface area is 146 Å². The molecule has 2 atom stereocenters. The standard InChI is InChI=1S/C19H20N2O4/c1-12-4-3-5-14(6-12)15-7-16(9-20-8-15)18(22)21-10-13(2)25-17(11-21)19(23)24/h3-9,13,17H,10-11H2,1-2H3,(H,23,24)/t13-,17?/m1/s1. The van der Waals surface area contributed by atoms with Crippen molar-refractivity contribution in [1.82, 2.24) is 9.88 Å². The summed E-state index contributed by atoms with van der Waals surface area (Å²) >= 11 is 0. The van der Waals surface area contributed by atoms with Gasteiger partial charge < -0.3 is 14.7 Å². The van der Waals surface area contributed by atoms with Gasteiger partial charge in [0.15, 0.2) is 6.10 Å². The summed E-state index contributed by atoms with van der Waals surface area (Å²) in [6.45, 7) is 4.16. The van der Waals surface area contributed by atoms with Crippen molar-refractivity contribution in [3.05, 3.63) is 53.9 Å². The molecule has 0 bridgehead atoms. The molecule has 6 heteroatoms. The highest BCUT2D eigenvalue weighted by Gasteiger charge is 2.33. The van der Waals surface area contributed by atoms with Crippen LogP contribution in [0, 0.1) is 6.92 Å². The Morgan fingerprint density at radius 2 is 2.00 bits per heavy atom. The van der Waals surface area contributed by atoms with Crippen LogP contribution in [0.15, 0.2) is 42.7 Å². The number of nitrogens with zero attached hydrogens (tertiary/aromatic N) is 2. The second-order valence-electron chi connectivity index (χ2n) is 6.32. The molecule has 3 rings (SSSR count). The number of benzene rings is 1. The molecule has 1 unspecified atom stereocenters. The van der Waals surface area contributed by atoms with Crippen molar-refractivity contribution in [3.8, 4) is 11.1 Å². The van der Waals surface area contributed by atoms with Gasteiger partial charge in [-0.05, 0) is 25.5 Å². The van der Waals surface area contributed by atoms with Crippen molar-refractivity contribution >= 4 is 11.9 Å². The Bertz CT molecular complexity index is 806. The predicted molar refractivity (Wildman–Crippen MR) is 92.3 cm³/mol. The molecule has 0 aliphatic carbocycles. The van der Waals surface area contributed by atoms with Crippen LogP contribution in [-0.2, 0) is 9.53 Å². The van der Waals surface area contributed by atoms with E-state index in [1.165, 1.54) is 11.1 Å². The number of hydrogen-bond acceptors (Lipinski definition) is 4. The van der Waals surface area contributed by atoms with Crippen LogP contribution in [0.1, 0.15) is 22.8 Å². The fourth-order valence-corrected chi connectivity index (χ4v) is 2.98. The minimum Gasteiger partial charge on any atom is -0.479 e. The first-order chi connectivity index (χ1) is 11.9. The van der Waals surface area contributed by atoms with Crippen LogP contribution in [0.3, 0.4) is 0 Å². The normalized spacial score (nSPS) is 20.3. The molecule has 0 saturated carbocycles. The van der Waals surface area contributed by atoms with E-state index < -0.39 is 12.1 Å². The van der Waals surface area contributed by atoms with Gasteiger partial charge in [0.2, 0.25) is 0 Å².